The third-order valence-corrected chi connectivity index (χ3v) is 3.34. The molecule has 0 saturated carbocycles. The number of aryl methyl sites for hydroxylation is 2. The average molecular weight is 251 g/mol. The summed E-state index contributed by atoms with van der Waals surface area (Å²) in [4.78, 5) is 11.8. The maximum Gasteiger partial charge on any atom is 0.189 e. The molecule has 1 aromatic carbocycles. The normalized spacial score (nSPS) is 11.0. The average Bonchev–Trinajstić information content (AvgIpc) is 2.33. The lowest BCUT2D eigenvalue weighted by Gasteiger charge is -2.13. The van der Waals surface area contributed by atoms with Crippen LogP contribution in [0, 0.1) is 6.92 Å². The lowest BCUT2D eigenvalue weighted by atomic mass is 10.1. The summed E-state index contributed by atoms with van der Waals surface area (Å²) < 4.78 is 2.05. The molecule has 90 valence electrons. The van der Waals surface area contributed by atoms with Gasteiger partial charge >= 0.3 is 0 Å². The maximum atomic E-state index is 11.8. The molecule has 2 N–H and O–H groups in total. The third kappa shape index (κ3) is 2.21. The molecule has 0 bridgehead atoms. The zero-order valence-electron chi connectivity index (χ0n) is 9.74. The van der Waals surface area contributed by atoms with Crippen molar-refractivity contribution in [2.75, 3.05) is 6.54 Å². The molecule has 0 atom stereocenters. The van der Waals surface area contributed by atoms with Gasteiger partial charge in [-0.25, -0.2) is 0 Å². The van der Waals surface area contributed by atoms with Gasteiger partial charge in [-0.05, 0) is 37.6 Å². The Morgan fingerprint density at radius 1 is 1.35 bits per heavy atom. The minimum Gasteiger partial charge on any atom is -0.347 e. The second-order valence-electron chi connectivity index (χ2n) is 4.08. The Kier molecular flexibility index (Phi) is 3.50. The number of nitrogens with zero attached hydrogens (tertiary/aromatic N) is 1. The first-order valence-electron chi connectivity index (χ1n) is 5.63. The highest BCUT2D eigenvalue weighted by Crippen LogP contribution is 2.23. The number of hydrogen-bond donors (Lipinski definition) is 1. The summed E-state index contributed by atoms with van der Waals surface area (Å²) in [6.07, 6.45) is 2.69. The Labute approximate surface area is 105 Å². The van der Waals surface area contributed by atoms with E-state index in [1.165, 1.54) is 0 Å². The molecule has 0 amide bonds. The number of hydrogen-bond acceptors (Lipinski definition) is 2. The number of benzene rings is 1. The van der Waals surface area contributed by atoms with Crippen LogP contribution in [-0.4, -0.2) is 11.1 Å². The highest BCUT2D eigenvalue weighted by molar-refractivity contribution is 6.32. The number of rotatable bonds is 3. The SMILES string of the molecule is Cc1c(Cl)ccc2c(=O)ccn(CCCN)c12. The van der Waals surface area contributed by atoms with Crippen molar-refractivity contribution in [3.05, 3.63) is 45.2 Å². The van der Waals surface area contributed by atoms with E-state index in [4.69, 9.17) is 17.3 Å². The van der Waals surface area contributed by atoms with Crippen molar-refractivity contribution in [3.63, 3.8) is 0 Å². The van der Waals surface area contributed by atoms with E-state index in [-0.39, 0.29) is 5.43 Å². The summed E-state index contributed by atoms with van der Waals surface area (Å²) >= 11 is 6.11. The molecule has 0 unspecified atom stereocenters. The van der Waals surface area contributed by atoms with Crippen LogP contribution >= 0.6 is 11.6 Å². The first-order valence-corrected chi connectivity index (χ1v) is 6.01. The predicted molar refractivity (Wildman–Crippen MR) is 71.6 cm³/mol. The molecule has 0 aliphatic heterocycles. The summed E-state index contributed by atoms with van der Waals surface area (Å²) in [6, 6.07) is 5.14. The van der Waals surface area contributed by atoms with Gasteiger partial charge in [-0.2, -0.15) is 0 Å². The topological polar surface area (TPSA) is 48.0 Å². The van der Waals surface area contributed by atoms with Crippen LogP contribution in [0.2, 0.25) is 5.02 Å². The van der Waals surface area contributed by atoms with E-state index in [2.05, 4.69) is 0 Å². The fraction of sp³-hybridized carbons (Fsp3) is 0.308. The van der Waals surface area contributed by atoms with Crippen LogP contribution < -0.4 is 11.2 Å². The smallest absolute Gasteiger partial charge is 0.189 e. The predicted octanol–water partition coefficient (Wildman–Crippen LogP) is 2.31. The Balaban J connectivity index is 2.72. The van der Waals surface area contributed by atoms with Gasteiger partial charge in [0.2, 0.25) is 0 Å². The van der Waals surface area contributed by atoms with E-state index in [1.54, 1.807) is 18.2 Å². The molecule has 0 spiro atoms. The number of fused-ring (bicyclic) bond motifs is 1. The van der Waals surface area contributed by atoms with E-state index < -0.39 is 0 Å². The molecule has 0 aliphatic rings. The van der Waals surface area contributed by atoms with Crippen LogP contribution in [-0.2, 0) is 6.54 Å². The van der Waals surface area contributed by atoms with E-state index in [0.717, 1.165) is 24.0 Å². The first-order chi connectivity index (χ1) is 8.15. The van der Waals surface area contributed by atoms with Crippen LogP contribution in [0.4, 0.5) is 0 Å². The van der Waals surface area contributed by atoms with Crippen LogP contribution in [0.15, 0.2) is 29.2 Å². The molecular weight excluding hydrogens is 236 g/mol. The van der Waals surface area contributed by atoms with Crippen molar-refractivity contribution in [2.45, 2.75) is 19.9 Å². The summed E-state index contributed by atoms with van der Waals surface area (Å²) in [5.74, 6) is 0. The van der Waals surface area contributed by atoms with Gasteiger partial charge in [0.05, 0.1) is 5.52 Å². The van der Waals surface area contributed by atoms with Crippen molar-refractivity contribution in [1.82, 2.24) is 4.57 Å². The molecule has 0 saturated heterocycles. The van der Waals surface area contributed by atoms with Gasteiger partial charge in [0.25, 0.3) is 0 Å². The molecule has 4 heteroatoms. The van der Waals surface area contributed by atoms with Crippen molar-refractivity contribution in [3.8, 4) is 0 Å². The summed E-state index contributed by atoms with van der Waals surface area (Å²) in [5.41, 5.74) is 7.41. The number of nitrogens with two attached hydrogens (primary N) is 1. The number of pyridine rings is 1. The van der Waals surface area contributed by atoms with E-state index in [0.29, 0.717) is 17.0 Å². The standard InChI is InChI=1S/C13H15ClN2O/c1-9-11(14)4-3-10-12(17)5-8-16(13(9)10)7-2-6-15/h3-5,8H,2,6-7,15H2,1H3. The van der Waals surface area contributed by atoms with E-state index in [9.17, 15) is 4.79 Å². The van der Waals surface area contributed by atoms with Gasteiger partial charge in [-0.3, -0.25) is 4.79 Å². The van der Waals surface area contributed by atoms with Gasteiger partial charge in [-0.15, -0.1) is 0 Å². The number of halogens is 1. The second kappa shape index (κ2) is 4.90. The molecule has 2 aromatic rings. The van der Waals surface area contributed by atoms with Gasteiger partial charge in [0, 0.05) is 29.2 Å². The van der Waals surface area contributed by atoms with Gasteiger partial charge in [-0.1, -0.05) is 11.6 Å². The van der Waals surface area contributed by atoms with Crippen molar-refractivity contribution < 1.29 is 0 Å². The quantitative estimate of drug-likeness (QED) is 0.909. The maximum absolute atomic E-state index is 11.8. The van der Waals surface area contributed by atoms with Crippen molar-refractivity contribution in [1.29, 1.82) is 0 Å². The highest BCUT2D eigenvalue weighted by atomic mass is 35.5. The molecule has 1 aromatic heterocycles. The Morgan fingerprint density at radius 3 is 2.82 bits per heavy atom. The number of aromatic nitrogens is 1. The monoisotopic (exact) mass is 250 g/mol. The molecule has 2 rings (SSSR count). The minimum atomic E-state index is 0.0313. The van der Waals surface area contributed by atoms with Gasteiger partial charge in [0.15, 0.2) is 5.43 Å². The highest BCUT2D eigenvalue weighted by Gasteiger charge is 2.07. The molecule has 0 radical (unpaired) electrons. The summed E-state index contributed by atoms with van der Waals surface area (Å²) in [7, 11) is 0. The van der Waals surface area contributed by atoms with Crippen molar-refractivity contribution >= 4 is 22.5 Å². The lowest BCUT2D eigenvalue weighted by molar-refractivity contribution is 0.665. The van der Waals surface area contributed by atoms with E-state index in [1.807, 2.05) is 17.7 Å². The van der Waals surface area contributed by atoms with Crippen LogP contribution in [0.5, 0.6) is 0 Å². The molecule has 3 nitrogen and oxygen atoms in total. The largest absolute Gasteiger partial charge is 0.347 e. The summed E-state index contributed by atoms with van der Waals surface area (Å²) in [5, 5.41) is 1.40. The fourth-order valence-electron chi connectivity index (χ4n) is 2.01. The second-order valence-corrected chi connectivity index (χ2v) is 4.49. The Bertz CT molecular complexity index is 604. The van der Waals surface area contributed by atoms with Crippen LogP contribution in [0.3, 0.4) is 0 Å². The zero-order chi connectivity index (χ0) is 12.4. The lowest BCUT2D eigenvalue weighted by Crippen LogP contribution is -2.11. The third-order valence-electron chi connectivity index (χ3n) is 2.93. The Morgan fingerprint density at radius 2 is 2.12 bits per heavy atom. The molecule has 0 fully saturated rings. The zero-order valence-corrected chi connectivity index (χ0v) is 10.5. The summed E-state index contributed by atoms with van der Waals surface area (Å²) in [6.45, 7) is 3.37. The van der Waals surface area contributed by atoms with Gasteiger partial charge < -0.3 is 10.3 Å². The van der Waals surface area contributed by atoms with Gasteiger partial charge in [0.1, 0.15) is 0 Å². The van der Waals surface area contributed by atoms with Crippen LogP contribution in [0.1, 0.15) is 12.0 Å². The molecule has 17 heavy (non-hydrogen) atoms. The fourth-order valence-corrected chi connectivity index (χ4v) is 2.17. The minimum absolute atomic E-state index is 0.0313. The molecular formula is C13H15ClN2O. The Hall–Kier alpha value is -1.32. The van der Waals surface area contributed by atoms with Crippen molar-refractivity contribution in [2.24, 2.45) is 5.73 Å². The molecule has 0 aliphatic carbocycles. The van der Waals surface area contributed by atoms with Crippen LogP contribution in [0.25, 0.3) is 10.9 Å². The van der Waals surface area contributed by atoms with E-state index >= 15 is 0 Å². The molecule has 1 heterocycles. The first kappa shape index (κ1) is 12.1.